The molecule has 1 unspecified atom stereocenters. The van der Waals surface area contributed by atoms with Gasteiger partial charge in [0.1, 0.15) is 5.75 Å². The lowest BCUT2D eigenvalue weighted by Gasteiger charge is -2.31. The summed E-state index contributed by atoms with van der Waals surface area (Å²) in [6.07, 6.45) is 2.06. The molecule has 4 rings (SSSR count). The third-order valence-corrected chi connectivity index (χ3v) is 6.05. The van der Waals surface area contributed by atoms with Gasteiger partial charge in [-0.05, 0) is 49.7 Å². The zero-order valence-electron chi connectivity index (χ0n) is 15.6. The molecule has 0 N–H and O–H groups in total. The summed E-state index contributed by atoms with van der Waals surface area (Å²) in [5.41, 5.74) is 5.41. The number of hydrogen-bond donors (Lipinski definition) is 0. The van der Waals surface area contributed by atoms with Crippen molar-refractivity contribution in [3.8, 4) is 5.75 Å². The Labute approximate surface area is 160 Å². The number of para-hydroxylation sites is 1. The number of rotatable bonds is 4. The lowest BCUT2D eigenvalue weighted by Crippen LogP contribution is -2.31. The van der Waals surface area contributed by atoms with E-state index >= 15 is 0 Å². The van der Waals surface area contributed by atoms with Gasteiger partial charge in [0.15, 0.2) is 0 Å². The van der Waals surface area contributed by atoms with Crippen LogP contribution in [0.25, 0.3) is 10.9 Å². The van der Waals surface area contributed by atoms with E-state index in [1.165, 1.54) is 27.7 Å². The van der Waals surface area contributed by atoms with Gasteiger partial charge in [-0.2, -0.15) is 0 Å². The number of nitrogens with zero attached hydrogens (tertiary/aromatic N) is 2. The monoisotopic (exact) mass is 368 g/mol. The fourth-order valence-corrected chi connectivity index (χ4v) is 4.43. The van der Waals surface area contributed by atoms with Gasteiger partial charge in [0, 0.05) is 36.6 Å². The molecular weight excluding hydrogens is 344 g/mol. The van der Waals surface area contributed by atoms with Gasteiger partial charge >= 0.3 is 0 Å². The first kappa shape index (κ1) is 17.4. The Morgan fingerprint density at radius 3 is 2.65 bits per heavy atom. The normalized spacial score (nSPS) is 17.5. The zero-order chi connectivity index (χ0) is 18.3. The molecule has 0 aliphatic carbocycles. The topological polar surface area (TPSA) is 17.4 Å². The van der Waals surface area contributed by atoms with Gasteiger partial charge in [0.2, 0.25) is 0 Å². The molecule has 3 aromatic rings. The van der Waals surface area contributed by atoms with Gasteiger partial charge in [-0.1, -0.05) is 35.9 Å². The Kier molecular flexibility index (Phi) is 4.68. The third kappa shape index (κ3) is 2.89. The van der Waals surface area contributed by atoms with E-state index in [1.807, 2.05) is 18.2 Å². The average molecular weight is 369 g/mol. The molecule has 4 heteroatoms. The number of aryl methyl sites for hydroxylation is 2. The largest absolute Gasteiger partial charge is 0.497 e. The molecule has 26 heavy (non-hydrogen) atoms. The van der Waals surface area contributed by atoms with Crippen molar-refractivity contribution in [2.75, 3.05) is 20.7 Å². The van der Waals surface area contributed by atoms with Crippen LogP contribution in [-0.2, 0) is 19.4 Å². The minimum atomic E-state index is 0.418. The molecular formula is C22H25ClN2O. The number of fused-ring (bicyclic) bond motifs is 3. The molecule has 0 bridgehead atoms. The summed E-state index contributed by atoms with van der Waals surface area (Å²) in [5.74, 6) is 0.900. The van der Waals surface area contributed by atoms with Gasteiger partial charge < -0.3 is 9.30 Å². The highest BCUT2D eigenvalue weighted by Crippen LogP contribution is 2.39. The number of halogens is 1. The average Bonchev–Trinajstić information content (AvgIpc) is 2.99. The summed E-state index contributed by atoms with van der Waals surface area (Å²) >= 11 is 6.64. The maximum atomic E-state index is 6.64. The Bertz CT molecular complexity index is 929. The molecule has 1 aliphatic rings. The summed E-state index contributed by atoms with van der Waals surface area (Å²) < 4.78 is 7.72. The highest BCUT2D eigenvalue weighted by atomic mass is 35.5. The molecule has 0 saturated carbocycles. The van der Waals surface area contributed by atoms with Crippen molar-refractivity contribution in [3.05, 3.63) is 64.3 Å². The first-order valence-electron chi connectivity index (χ1n) is 9.22. The molecule has 1 aromatic heterocycles. The Balaban J connectivity index is 1.74. The summed E-state index contributed by atoms with van der Waals surface area (Å²) in [4.78, 5) is 2.43. The molecule has 0 spiro atoms. The fraction of sp³-hybridized carbons (Fsp3) is 0.364. The first-order chi connectivity index (χ1) is 12.6. The molecule has 0 amide bonds. The lowest BCUT2D eigenvalue weighted by molar-refractivity contribution is 0.245. The molecule has 0 radical (unpaired) electrons. The van der Waals surface area contributed by atoms with Gasteiger partial charge in [-0.15, -0.1) is 0 Å². The van der Waals surface area contributed by atoms with Crippen molar-refractivity contribution < 1.29 is 4.74 Å². The fourth-order valence-electron chi connectivity index (χ4n) is 4.15. The van der Waals surface area contributed by atoms with Crippen LogP contribution in [0, 0.1) is 0 Å². The molecule has 0 saturated heterocycles. The van der Waals surface area contributed by atoms with E-state index in [9.17, 15) is 0 Å². The van der Waals surface area contributed by atoms with E-state index in [0.717, 1.165) is 36.7 Å². The van der Waals surface area contributed by atoms with Crippen LogP contribution in [0.1, 0.15) is 29.8 Å². The minimum Gasteiger partial charge on any atom is -0.497 e. The van der Waals surface area contributed by atoms with Crippen LogP contribution in [0.15, 0.2) is 42.5 Å². The van der Waals surface area contributed by atoms with Crippen LogP contribution in [0.2, 0.25) is 5.02 Å². The predicted molar refractivity (Wildman–Crippen MR) is 108 cm³/mol. The van der Waals surface area contributed by atoms with Crippen LogP contribution in [0.4, 0.5) is 0 Å². The number of methoxy groups -OCH3 is 1. The summed E-state index contributed by atoms with van der Waals surface area (Å²) in [6, 6.07) is 15.1. The smallest absolute Gasteiger partial charge is 0.118 e. The molecule has 2 aromatic carbocycles. The third-order valence-electron chi connectivity index (χ3n) is 5.75. The first-order valence-corrected chi connectivity index (χ1v) is 9.60. The van der Waals surface area contributed by atoms with Crippen molar-refractivity contribution in [1.29, 1.82) is 0 Å². The molecule has 3 nitrogen and oxygen atoms in total. The van der Waals surface area contributed by atoms with Crippen molar-refractivity contribution in [2.24, 2.45) is 0 Å². The van der Waals surface area contributed by atoms with Crippen molar-refractivity contribution >= 4 is 22.5 Å². The standard InChI is InChI=1S/C22H25ClN2O/c1-15-21-18-5-4-6-19(23)22(18)25(20(21)12-13-24(15)2)14-11-16-7-9-17(26-3)10-8-16/h4-10,15H,11-14H2,1-3H3. The molecule has 2 heterocycles. The number of benzene rings is 2. The van der Waals surface area contributed by atoms with E-state index < -0.39 is 0 Å². The van der Waals surface area contributed by atoms with Crippen LogP contribution < -0.4 is 4.74 Å². The van der Waals surface area contributed by atoms with Crippen LogP contribution in [0.5, 0.6) is 5.75 Å². The predicted octanol–water partition coefficient (Wildman–Crippen LogP) is 5.09. The van der Waals surface area contributed by atoms with Gasteiger partial charge in [-0.3, -0.25) is 4.90 Å². The second-order valence-corrected chi connectivity index (χ2v) is 7.56. The molecule has 1 aliphatic heterocycles. The van der Waals surface area contributed by atoms with Gasteiger partial charge in [-0.25, -0.2) is 0 Å². The Morgan fingerprint density at radius 2 is 1.92 bits per heavy atom. The van der Waals surface area contributed by atoms with E-state index in [4.69, 9.17) is 16.3 Å². The van der Waals surface area contributed by atoms with Gasteiger partial charge in [0.05, 0.1) is 17.6 Å². The molecule has 1 atom stereocenters. The molecule has 136 valence electrons. The maximum absolute atomic E-state index is 6.64. The Hall–Kier alpha value is -1.97. The minimum absolute atomic E-state index is 0.418. The second kappa shape index (κ2) is 6.98. The lowest BCUT2D eigenvalue weighted by atomic mass is 9.97. The van der Waals surface area contributed by atoms with Crippen molar-refractivity contribution in [1.82, 2.24) is 9.47 Å². The quantitative estimate of drug-likeness (QED) is 0.637. The van der Waals surface area contributed by atoms with Crippen LogP contribution >= 0.6 is 11.6 Å². The van der Waals surface area contributed by atoms with E-state index in [-0.39, 0.29) is 0 Å². The highest BCUT2D eigenvalue weighted by molar-refractivity contribution is 6.35. The van der Waals surface area contributed by atoms with Crippen molar-refractivity contribution in [3.63, 3.8) is 0 Å². The summed E-state index contributed by atoms with van der Waals surface area (Å²) in [7, 11) is 3.91. The highest BCUT2D eigenvalue weighted by Gasteiger charge is 2.28. The molecule has 0 fully saturated rings. The number of ether oxygens (including phenoxy) is 1. The SMILES string of the molecule is COc1ccc(CCn2c3c(c4cccc(Cl)c42)C(C)N(C)CC3)cc1. The van der Waals surface area contributed by atoms with E-state index in [2.05, 4.69) is 47.7 Å². The summed E-state index contributed by atoms with van der Waals surface area (Å²) in [6.45, 7) is 4.33. The zero-order valence-corrected chi connectivity index (χ0v) is 16.4. The number of aromatic nitrogens is 1. The van der Waals surface area contributed by atoms with E-state index in [1.54, 1.807) is 7.11 Å². The Morgan fingerprint density at radius 1 is 1.15 bits per heavy atom. The van der Waals surface area contributed by atoms with Crippen LogP contribution in [-0.4, -0.2) is 30.2 Å². The van der Waals surface area contributed by atoms with E-state index in [0.29, 0.717) is 6.04 Å². The summed E-state index contributed by atoms with van der Waals surface area (Å²) in [5, 5.41) is 2.16. The van der Waals surface area contributed by atoms with Crippen molar-refractivity contribution in [2.45, 2.75) is 32.4 Å². The second-order valence-electron chi connectivity index (χ2n) is 7.15. The maximum Gasteiger partial charge on any atom is 0.118 e. The number of likely N-dealkylation sites (N-methyl/N-ethyl adjacent to an activating group) is 1. The van der Waals surface area contributed by atoms with Gasteiger partial charge in [0.25, 0.3) is 0 Å². The van der Waals surface area contributed by atoms with Crippen LogP contribution in [0.3, 0.4) is 0 Å². The number of hydrogen-bond acceptors (Lipinski definition) is 2.